The normalized spacial score (nSPS) is 28.4. The molecule has 11 heteroatoms. The van der Waals surface area contributed by atoms with Gasteiger partial charge in [-0.1, -0.05) is 0 Å². The average molecular weight is 449 g/mol. The highest BCUT2D eigenvalue weighted by Crippen LogP contribution is 2.57. The molecule has 8 nitrogen and oxygen atoms in total. The van der Waals surface area contributed by atoms with Crippen molar-refractivity contribution in [1.29, 1.82) is 0 Å². The van der Waals surface area contributed by atoms with E-state index in [0.29, 0.717) is 23.4 Å². The van der Waals surface area contributed by atoms with Crippen LogP contribution in [0.25, 0.3) is 0 Å². The molecule has 1 aromatic heterocycles. The minimum absolute atomic E-state index is 0.0262. The Morgan fingerprint density at radius 2 is 1.56 bits per heavy atom. The number of anilines is 3. The number of nitro groups is 1. The first-order valence-corrected chi connectivity index (χ1v) is 10.6. The number of rotatable bonds is 6. The van der Waals surface area contributed by atoms with Crippen LogP contribution in [-0.2, 0) is 0 Å². The highest BCUT2D eigenvalue weighted by molar-refractivity contribution is 5.74. The van der Waals surface area contributed by atoms with Crippen molar-refractivity contribution in [1.82, 2.24) is 9.97 Å². The fraction of sp³-hybridized carbons (Fsp3) is 0.524. The van der Waals surface area contributed by atoms with Crippen molar-refractivity contribution >= 4 is 23.0 Å². The van der Waals surface area contributed by atoms with Crippen molar-refractivity contribution in [3.63, 3.8) is 0 Å². The standard InChI is InChI=1S/C21H22F3N5O3/c22-21(23,24)32-16-3-1-15(2-4-16)27-18-17(29(30)31)19(26-11-25-18)28-20-8-12-5-13(9-20)7-14(6-12)10-20/h1-4,11-14H,5-10H2,(H2,25,26,27,28). The first kappa shape index (κ1) is 20.8. The van der Waals surface area contributed by atoms with Gasteiger partial charge in [-0.2, -0.15) is 0 Å². The number of hydrogen-bond donors (Lipinski definition) is 2. The number of alkyl halides is 3. The summed E-state index contributed by atoms with van der Waals surface area (Å²) in [5.41, 5.74) is -0.122. The van der Waals surface area contributed by atoms with Crippen molar-refractivity contribution in [2.45, 2.75) is 50.4 Å². The van der Waals surface area contributed by atoms with Crippen LogP contribution in [0.4, 0.5) is 36.2 Å². The molecule has 0 atom stereocenters. The summed E-state index contributed by atoms with van der Waals surface area (Å²) in [6.07, 6.45) is 3.16. The SMILES string of the molecule is O=[N+]([O-])c1c(Nc2ccc(OC(F)(F)F)cc2)ncnc1NC12CC3CC(CC(C3)C1)C2. The van der Waals surface area contributed by atoms with Crippen LogP contribution in [-0.4, -0.2) is 26.8 Å². The predicted molar refractivity (Wildman–Crippen MR) is 110 cm³/mol. The molecule has 0 amide bonds. The van der Waals surface area contributed by atoms with E-state index in [4.69, 9.17) is 0 Å². The number of nitrogens with zero attached hydrogens (tertiary/aromatic N) is 3. The minimum Gasteiger partial charge on any atom is -0.406 e. The molecule has 170 valence electrons. The molecular formula is C21H22F3N5O3. The second kappa shape index (κ2) is 7.49. The summed E-state index contributed by atoms with van der Waals surface area (Å²) < 4.78 is 40.9. The van der Waals surface area contributed by atoms with Gasteiger partial charge in [-0.15, -0.1) is 13.2 Å². The lowest BCUT2D eigenvalue weighted by atomic mass is 9.53. The van der Waals surface area contributed by atoms with Crippen LogP contribution in [0.1, 0.15) is 38.5 Å². The summed E-state index contributed by atoms with van der Waals surface area (Å²) >= 11 is 0. The molecule has 4 fully saturated rings. The Bertz CT molecular complexity index is 993. The fourth-order valence-corrected chi connectivity index (χ4v) is 6.13. The van der Waals surface area contributed by atoms with Gasteiger partial charge in [0.2, 0.25) is 11.6 Å². The number of hydrogen-bond acceptors (Lipinski definition) is 7. The summed E-state index contributed by atoms with van der Waals surface area (Å²) in [7, 11) is 0. The molecule has 4 bridgehead atoms. The van der Waals surface area contributed by atoms with Gasteiger partial charge in [0.25, 0.3) is 0 Å². The van der Waals surface area contributed by atoms with Gasteiger partial charge in [0, 0.05) is 11.2 Å². The number of nitrogens with one attached hydrogen (secondary N) is 2. The van der Waals surface area contributed by atoms with Gasteiger partial charge in [-0.3, -0.25) is 10.1 Å². The van der Waals surface area contributed by atoms with E-state index in [2.05, 4.69) is 25.3 Å². The van der Waals surface area contributed by atoms with Crippen molar-refractivity contribution in [2.75, 3.05) is 10.6 Å². The van der Waals surface area contributed by atoms with Crippen molar-refractivity contribution in [3.05, 3.63) is 40.7 Å². The lowest BCUT2D eigenvalue weighted by Crippen LogP contribution is -2.55. The monoisotopic (exact) mass is 449 g/mol. The van der Waals surface area contributed by atoms with Gasteiger partial charge >= 0.3 is 12.0 Å². The highest BCUT2D eigenvalue weighted by Gasteiger charge is 2.51. The molecule has 0 saturated heterocycles. The number of halogens is 3. The quantitative estimate of drug-likeness (QED) is 0.449. The first-order chi connectivity index (χ1) is 15.2. The zero-order valence-electron chi connectivity index (χ0n) is 17.1. The summed E-state index contributed by atoms with van der Waals surface area (Å²) in [4.78, 5) is 19.6. The van der Waals surface area contributed by atoms with E-state index in [9.17, 15) is 23.3 Å². The molecule has 1 heterocycles. The van der Waals surface area contributed by atoms with E-state index in [0.717, 1.165) is 31.4 Å². The van der Waals surface area contributed by atoms with Gasteiger partial charge in [0.05, 0.1) is 4.92 Å². The highest BCUT2D eigenvalue weighted by atomic mass is 19.4. The Kier molecular flexibility index (Phi) is 4.86. The molecule has 1 aromatic carbocycles. The molecule has 2 N–H and O–H groups in total. The largest absolute Gasteiger partial charge is 0.573 e. The lowest BCUT2D eigenvalue weighted by molar-refractivity contribution is -0.383. The number of aromatic nitrogens is 2. The Morgan fingerprint density at radius 3 is 2.09 bits per heavy atom. The lowest BCUT2D eigenvalue weighted by Gasteiger charge is -2.57. The van der Waals surface area contributed by atoms with Gasteiger partial charge < -0.3 is 15.4 Å². The molecule has 4 aliphatic rings. The summed E-state index contributed by atoms with van der Waals surface area (Å²) in [6, 6.07) is 4.91. The Morgan fingerprint density at radius 1 is 1.00 bits per heavy atom. The molecule has 2 aromatic rings. The maximum absolute atomic E-state index is 12.3. The molecular weight excluding hydrogens is 427 g/mol. The molecule has 32 heavy (non-hydrogen) atoms. The van der Waals surface area contributed by atoms with Crippen LogP contribution in [0.15, 0.2) is 30.6 Å². The Hall–Kier alpha value is -3.11. The third kappa shape index (κ3) is 4.15. The molecule has 0 spiro atoms. The van der Waals surface area contributed by atoms with Crippen LogP contribution < -0.4 is 15.4 Å². The van der Waals surface area contributed by atoms with Crippen LogP contribution in [0, 0.1) is 27.9 Å². The number of ether oxygens (including phenoxy) is 1. The maximum atomic E-state index is 12.3. The minimum atomic E-state index is -4.79. The van der Waals surface area contributed by atoms with E-state index < -0.39 is 11.3 Å². The van der Waals surface area contributed by atoms with Crippen LogP contribution >= 0.6 is 0 Å². The van der Waals surface area contributed by atoms with Gasteiger partial charge in [-0.05, 0) is 80.5 Å². The molecule has 0 unspecified atom stereocenters. The summed E-state index contributed by atoms with van der Waals surface area (Å²) in [6.45, 7) is 0. The molecule has 0 aliphatic heterocycles. The van der Waals surface area contributed by atoms with Crippen LogP contribution in [0.3, 0.4) is 0 Å². The smallest absolute Gasteiger partial charge is 0.406 e. The second-order valence-corrected chi connectivity index (χ2v) is 9.20. The zero-order chi connectivity index (χ0) is 22.5. The van der Waals surface area contributed by atoms with Crippen molar-refractivity contribution in [2.24, 2.45) is 17.8 Å². The molecule has 0 radical (unpaired) electrons. The second-order valence-electron chi connectivity index (χ2n) is 9.20. The van der Waals surface area contributed by atoms with Crippen molar-refractivity contribution in [3.8, 4) is 5.75 Å². The van der Waals surface area contributed by atoms with Gasteiger partial charge in [-0.25, -0.2) is 9.97 Å². The third-order valence-electron chi connectivity index (χ3n) is 6.78. The van der Waals surface area contributed by atoms with Crippen LogP contribution in [0.2, 0.25) is 0 Å². The van der Waals surface area contributed by atoms with E-state index >= 15 is 0 Å². The van der Waals surface area contributed by atoms with E-state index in [1.807, 2.05) is 0 Å². The van der Waals surface area contributed by atoms with Gasteiger partial charge in [0.15, 0.2) is 0 Å². The van der Waals surface area contributed by atoms with E-state index in [-0.39, 0.29) is 28.6 Å². The van der Waals surface area contributed by atoms with Crippen LogP contribution in [0.5, 0.6) is 5.75 Å². The Balaban J connectivity index is 1.39. The first-order valence-electron chi connectivity index (χ1n) is 10.6. The topological polar surface area (TPSA) is 102 Å². The molecule has 4 aliphatic carbocycles. The Labute approximate surface area is 181 Å². The maximum Gasteiger partial charge on any atom is 0.573 e. The predicted octanol–water partition coefficient (Wildman–Crippen LogP) is 5.41. The van der Waals surface area contributed by atoms with Gasteiger partial charge in [0.1, 0.15) is 12.1 Å². The van der Waals surface area contributed by atoms with E-state index in [1.54, 1.807) is 0 Å². The van der Waals surface area contributed by atoms with E-state index in [1.165, 1.54) is 37.7 Å². The summed E-state index contributed by atoms with van der Waals surface area (Å²) in [5, 5.41) is 18.2. The van der Waals surface area contributed by atoms with Crippen molar-refractivity contribution < 1.29 is 22.8 Å². The summed E-state index contributed by atoms with van der Waals surface area (Å²) in [5.74, 6) is 1.73. The fourth-order valence-electron chi connectivity index (χ4n) is 6.13. The zero-order valence-corrected chi connectivity index (χ0v) is 17.1. The molecule has 6 rings (SSSR count). The average Bonchev–Trinajstić information content (AvgIpc) is 2.67. The third-order valence-corrected chi connectivity index (χ3v) is 6.78. The number of benzene rings is 1. The molecule has 4 saturated carbocycles.